The lowest BCUT2D eigenvalue weighted by Gasteiger charge is -2.32. The second kappa shape index (κ2) is 6.10. The number of nitrogens with zero attached hydrogens (tertiary/aromatic N) is 1. The summed E-state index contributed by atoms with van der Waals surface area (Å²) in [6, 6.07) is -0.458. The number of aromatic amines is 1. The first kappa shape index (κ1) is 14.6. The van der Waals surface area contributed by atoms with Gasteiger partial charge in [0.2, 0.25) is 5.95 Å². The van der Waals surface area contributed by atoms with Gasteiger partial charge in [-0.25, -0.2) is 0 Å². The zero-order valence-corrected chi connectivity index (χ0v) is 11.4. The molecule has 0 amide bonds. The summed E-state index contributed by atoms with van der Waals surface area (Å²) in [5.41, 5.74) is 5.19. The third-order valence-corrected chi connectivity index (χ3v) is 3.43. The largest absolute Gasteiger partial charge is 0.390 e. The molecule has 20 heavy (non-hydrogen) atoms. The topological polar surface area (TPSA) is 136 Å². The summed E-state index contributed by atoms with van der Waals surface area (Å²) in [5, 5.41) is 25.9. The Balaban J connectivity index is 2.09. The van der Waals surface area contributed by atoms with E-state index in [9.17, 15) is 15.0 Å². The van der Waals surface area contributed by atoms with Gasteiger partial charge in [0, 0.05) is 6.54 Å². The molecule has 0 aliphatic carbocycles. The molecule has 1 aromatic heterocycles. The van der Waals surface area contributed by atoms with Crippen molar-refractivity contribution in [3.05, 3.63) is 10.4 Å². The zero-order valence-electron chi connectivity index (χ0n) is 11.4. The third-order valence-electron chi connectivity index (χ3n) is 3.43. The van der Waals surface area contributed by atoms with E-state index in [0.29, 0.717) is 18.8 Å². The van der Waals surface area contributed by atoms with Crippen LogP contribution >= 0.6 is 0 Å². The lowest BCUT2D eigenvalue weighted by atomic mass is 9.99. The average Bonchev–Trinajstić information content (AvgIpc) is 2.43. The SMILES string of the molecule is CCCC[C@H](O)C(O)C1CNc2[nH]c(N)nc(=O)c2N1. The predicted octanol–water partition coefficient (Wildman–Crippen LogP) is -0.530. The van der Waals surface area contributed by atoms with Crippen LogP contribution < -0.4 is 21.9 Å². The van der Waals surface area contributed by atoms with Gasteiger partial charge in [0.1, 0.15) is 17.6 Å². The fourth-order valence-corrected chi connectivity index (χ4v) is 2.26. The Bertz CT molecular complexity index is 518. The van der Waals surface area contributed by atoms with Crippen LogP contribution in [0, 0.1) is 0 Å². The first-order valence-electron chi connectivity index (χ1n) is 6.79. The molecule has 3 atom stereocenters. The first-order chi connectivity index (χ1) is 9.52. The minimum absolute atomic E-state index is 0.0324. The molecule has 1 aliphatic heterocycles. The maximum Gasteiger partial charge on any atom is 0.300 e. The Morgan fingerprint density at radius 1 is 1.50 bits per heavy atom. The first-order valence-corrected chi connectivity index (χ1v) is 6.79. The van der Waals surface area contributed by atoms with Gasteiger partial charge < -0.3 is 31.6 Å². The van der Waals surface area contributed by atoms with Crippen molar-refractivity contribution in [1.29, 1.82) is 0 Å². The summed E-state index contributed by atoms with van der Waals surface area (Å²) in [4.78, 5) is 18.1. The van der Waals surface area contributed by atoms with E-state index in [2.05, 4.69) is 20.6 Å². The summed E-state index contributed by atoms with van der Waals surface area (Å²) >= 11 is 0. The number of unbranched alkanes of at least 4 members (excludes halogenated alkanes) is 1. The molecule has 0 radical (unpaired) electrons. The highest BCUT2D eigenvalue weighted by Crippen LogP contribution is 2.22. The fraction of sp³-hybridized carbons (Fsp3) is 0.667. The summed E-state index contributed by atoms with van der Waals surface area (Å²) < 4.78 is 0. The van der Waals surface area contributed by atoms with E-state index in [1.54, 1.807) is 0 Å². The van der Waals surface area contributed by atoms with Gasteiger partial charge in [-0.1, -0.05) is 19.8 Å². The number of fused-ring (bicyclic) bond motifs is 1. The lowest BCUT2D eigenvalue weighted by molar-refractivity contribution is 0.00434. The minimum atomic E-state index is -0.959. The number of nitrogen functional groups attached to an aromatic ring is 1. The highest BCUT2D eigenvalue weighted by Gasteiger charge is 2.30. The van der Waals surface area contributed by atoms with Crippen LogP contribution in [0.3, 0.4) is 0 Å². The number of anilines is 3. The number of aliphatic hydroxyl groups excluding tert-OH is 2. The van der Waals surface area contributed by atoms with Crippen molar-refractivity contribution in [1.82, 2.24) is 9.97 Å². The van der Waals surface area contributed by atoms with Crippen LogP contribution in [0.5, 0.6) is 0 Å². The third kappa shape index (κ3) is 3.02. The molecule has 1 aliphatic rings. The predicted molar refractivity (Wildman–Crippen MR) is 76.7 cm³/mol. The van der Waals surface area contributed by atoms with E-state index in [4.69, 9.17) is 5.73 Å². The number of nitrogens with one attached hydrogen (secondary N) is 3. The smallest absolute Gasteiger partial charge is 0.300 e. The number of nitrogens with two attached hydrogens (primary N) is 1. The highest BCUT2D eigenvalue weighted by molar-refractivity contribution is 5.67. The second-order valence-electron chi connectivity index (χ2n) is 5.01. The van der Waals surface area contributed by atoms with Crippen LogP contribution in [0.2, 0.25) is 0 Å². The van der Waals surface area contributed by atoms with Crippen LogP contribution in [0.15, 0.2) is 4.79 Å². The van der Waals surface area contributed by atoms with Gasteiger partial charge in [-0.15, -0.1) is 0 Å². The minimum Gasteiger partial charge on any atom is -0.390 e. The van der Waals surface area contributed by atoms with Gasteiger partial charge >= 0.3 is 0 Å². The average molecular weight is 283 g/mol. The summed E-state index contributed by atoms with van der Waals surface area (Å²) in [7, 11) is 0. The molecule has 0 saturated heterocycles. The van der Waals surface area contributed by atoms with Gasteiger partial charge in [0.25, 0.3) is 5.56 Å². The van der Waals surface area contributed by atoms with E-state index in [1.165, 1.54) is 0 Å². The van der Waals surface area contributed by atoms with Crippen molar-refractivity contribution in [2.75, 3.05) is 22.9 Å². The standard InChI is InChI=1S/C12H21N5O3/c1-2-3-4-7(18)9(19)6-5-14-10-8(15-6)11(20)17-12(13)16-10/h6-7,9,15,18-19H,2-5H2,1H3,(H4,13,14,16,17,20)/t6?,7-,9?/m0/s1. The molecule has 0 aromatic carbocycles. The molecule has 0 spiro atoms. The number of aliphatic hydroxyl groups is 2. The maximum absolute atomic E-state index is 11.7. The summed E-state index contributed by atoms with van der Waals surface area (Å²) in [5.74, 6) is 0.485. The van der Waals surface area contributed by atoms with Gasteiger partial charge in [0.15, 0.2) is 0 Å². The summed E-state index contributed by atoms with van der Waals surface area (Å²) in [6.45, 7) is 2.39. The molecule has 1 aromatic rings. The van der Waals surface area contributed by atoms with Crippen LogP contribution in [0.4, 0.5) is 17.5 Å². The fourth-order valence-electron chi connectivity index (χ4n) is 2.26. The van der Waals surface area contributed by atoms with Gasteiger partial charge in [-0.05, 0) is 6.42 Å². The molecule has 8 nitrogen and oxygen atoms in total. The number of hydrogen-bond acceptors (Lipinski definition) is 7. The quantitative estimate of drug-likeness (QED) is 0.427. The Morgan fingerprint density at radius 3 is 2.95 bits per heavy atom. The molecular formula is C12H21N5O3. The maximum atomic E-state index is 11.7. The van der Waals surface area contributed by atoms with E-state index >= 15 is 0 Å². The molecule has 112 valence electrons. The Morgan fingerprint density at radius 2 is 2.25 bits per heavy atom. The highest BCUT2D eigenvalue weighted by atomic mass is 16.3. The summed E-state index contributed by atoms with van der Waals surface area (Å²) in [6.07, 6.45) is 0.536. The van der Waals surface area contributed by atoms with Crippen LogP contribution in [-0.4, -0.2) is 45.0 Å². The van der Waals surface area contributed by atoms with Crippen molar-refractivity contribution in [3.63, 3.8) is 0 Å². The molecule has 0 fully saturated rings. The molecular weight excluding hydrogens is 262 g/mol. The van der Waals surface area contributed by atoms with Gasteiger partial charge in [-0.3, -0.25) is 4.79 Å². The van der Waals surface area contributed by atoms with Crippen molar-refractivity contribution in [2.45, 2.75) is 44.4 Å². The molecule has 2 rings (SSSR count). The van der Waals surface area contributed by atoms with Gasteiger partial charge in [-0.2, -0.15) is 4.98 Å². The molecule has 0 saturated carbocycles. The van der Waals surface area contributed by atoms with E-state index < -0.39 is 23.8 Å². The van der Waals surface area contributed by atoms with Crippen molar-refractivity contribution < 1.29 is 10.2 Å². The van der Waals surface area contributed by atoms with Gasteiger partial charge in [0.05, 0.1) is 12.1 Å². The van der Waals surface area contributed by atoms with Crippen LogP contribution in [0.25, 0.3) is 0 Å². The normalized spacial score (nSPS) is 20.4. The Labute approximate surface area is 116 Å². The Kier molecular flexibility index (Phi) is 4.46. The van der Waals surface area contributed by atoms with Crippen LogP contribution in [0.1, 0.15) is 26.2 Å². The van der Waals surface area contributed by atoms with E-state index in [1.807, 2.05) is 6.92 Å². The van der Waals surface area contributed by atoms with E-state index in [-0.39, 0.29) is 11.6 Å². The van der Waals surface area contributed by atoms with Crippen molar-refractivity contribution in [3.8, 4) is 0 Å². The van der Waals surface area contributed by atoms with Crippen molar-refractivity contribution in [2.24, 2.45) is 0 Å². The molecule has 2 heterocycles. The zero-order chi connectivity index (χ0) is 14.7. The second-order valence-corrected chi connectivity index (χ2v) is 5.01. The molecule has 0 bridgehead atoms. The Hall–Kier alpha value is -1.80. The van der Waals surface area contributed by atoms with E-state index in [0.717, 1.165) is 12.8 Å². The monoisotopic (exact) mass is 283 g/mol. The number of H-pyrrole nitrogens is 1. The van der Waals surface area contributed by atoms with Crippen molar-refractivity contribution >= 4 is 17.5 Å². The molecule has 8 heteroatoms. The van der Waals surface area contributed by atoms with Crippen LogP contribution in [-0.2, 0) is 0 Å². The lowest BCUT2D eigenvalue weighted by Crippen LogP contribution is -2.49. The molecule has 2 unspecified atom stereocenters. The number of hydrogen-bond donors (Lipinski definition) is 6. The molecule has 7 N–H and O–H groups in total. The number of rotatable bonds is 5. The number of aromatic nitrogens is 2.